The van der Waals surface area contributed by atoms with Gasteiger partial charge < -0.3 is 11.1 Å². The molecule has 3 N–H and O–H groups in total. The zero-order valence-corrected chi connectivity index (χ0v) is 13.4. The fraction of sp³-hybridized carbons (Fsp3) is 0.750. The van der Waals surface area contributed by atoms with Crippen LogP contribution in [0.25, 0.3) is 0 Å². The van der Waals surface area contributed by atoms with E-state index in [2.05, 4.69) is 23.5 Å². The molecule has 0 amide bonds. The van der Waals surface area contributed by atoms with E-state index in [0.717, 1.165) is 37.2 Å². The summed E-state index contributed by atoms with van der Waals surface area (Å²) in [5, 5.41) is 3.76. The number of aromatic nitrogens is 1. The van der Waals surface area contributed by atoms with E-state index in [9.17, 15) is 8.42 Å². The van der Waals surface area contributed by atoms with Gasteiger partial charge in [0.05, 0.1) is 0 Å². The van der Waals surface area contributed by atoms with E-state index in [0.29, 0.717) is 10.9 Å². The van der Waals surface area contributed by atoms with Crippen LogP contribution in [0.4, 0.5) is 10.8 Å². The lowest BCUT2D eigenvalue weighted by Crippen LogP contribution is -2.14. The normalized spacial score (nSPS) is 13.4. The highest BCUT2D eigenvalue weighted by Crippen LogP contribution is 2.31. The van der Waals surface area contributed by atoms with Crippen molar-refractivity contribution in [2.24, 2.45) is 5.92 Å². The second kappa shape index (κ2) is 7.09. The molecule has 110 valence electrons. The van der Waals surface area contributed by atoms with Gasteiger partial charge in [0, 0.05) is 12.8 Å². The van der Waals surface area contributed by atoms with Crippen LogP contribution < -0.4 is 11.1 Å². The third-order valence-corrected chi connectivity index (χ3v) is 5.24. The fourth-order valence-corrected chi connectivity index (χ4v) is 4.02. The zero-order valence-electron chi connectivity index (χ0n) is 11.8. The van der Waals surface area contributed by atoms with Gasteiger partial charge in [-0.25, -0.2) is 8.42 Å². The molecule has 0 aromatic carbocycles. The number of nitrogens with two attached hydrogens (primary N) is 1. The first kappa shape index (κ1) is 16.2. The standard InChI is InChI=1S/C12H23N3O2S2/c1-4-6-7-9(5-2)8-14-12-10(19(3,16)17)11(13)15-18-12/h9,14H,4-8H2,1-3H3,(H2,13,15). The van der Waals surface area contributed by atoms with E-state index in [1.54, 1.807) is 0 Å². The number of unbranched alkanes of at least 4 members (excludes halogenated alkanes) is 1. The molecule has 0 saturated heterocycles. The molecular formula is C12H23N3O2S2. The highest BCUT2D eigenvalue weighted by atomic mass is 32.2. The Kier molecular flexibility index (Phi) is 6.06. The predicted octanol–water partition coefficient (Wildman–Crippen LogP) is 2.76. The summed E-state index contributed by atoms with van der Waals surface area (Å²) < 4.78 is 27.3. The molecule has 1 aromatic rings. The van der Waals surface area contributed by atoms with Crippen LogP contribution in [0.5, 0.6) is 0 Å². The maximum atomic E-state index is 11.7. The molecule has 5 nitrogen and oxygen atoms in total. The third-order valence-electron chi connectivity index (χ3n) is 3.14. The van der Waals surface area contributed by atoms with Gasteiger partial charge in [0.15, 0.2) is 15.7 Å². The minimum absolute atomic E-state index is 0.0941. The first-order valence-corrected chi connectivity index (χ1v) is 9.25. The summed E-state index contributed by atoms with van der Waals surface area (Å²) in [6, 6.07) is 0. The minimum atomic E-state index is -3.33. The van der Waals surface area contributed by atoms with Crippen LogP contribution in [0.15, 0.2) is 4.90 Å². The summed E-state index contributed by atoms with van der Waals surface area (Å²) in [6.07, 6.45) is 5.77. The SMILES string of the molecule is CCCCC(CC)CNc1snc(N)c1S(C)(=O)=O. The second-order valence-corrected chi connectivity index (χ2v) is 7.52. The van der Waals surface area contributed by atoms with Gasteiger partial charge in [-0.2, -0.15) is 4.37 Å². The maximum absolute atomic E-state index is 11.7. The smallest absolute Gasteiger partial charge is 0.182 e. The predicted molar refractivity (Wildman–Crippen MR) is 81.4 cm³/mol. The van der Waals surface area contributed by atoms with Crippen LogP contribution in [-0.2, 0) is 9.84 Å². The van der Waals surface area contributed by atoms with E-state index in [1.807, 2.05) is 0 Å². The maximum Gasteiger partial charge on any atom is 0.182 e. The summed E-state index contributed by atoms with van der Waals surface area (Å²) >= 11 is 1.11. The van der Waals surface area contributed by atoms with Crippen molar-refractivity contribution in [2.75, 3.05) is 23.9 Å². The number of anilines is 2. The van der Waals surface area contributed by atoms with Gasteiger partial charge >= 0.3 is 0 Å². The first-order valence-electron chi connectivity index (χ1n) is 6.59. The Balaban J connectivity index is 2.73. The number of hydrogen-bond donors (Lipinski definition) is 2. The van der Waals surface area contributed by atoms with E-state index in [1.165, 1.54) is 12.8 Å². The van der Waals surface area contributed by atoms with Crippen molar-refractivity contribution in [3.05, 3.63) is 0 Å². The number of nitrogens with one attached hydrogen (secondary N) is 1. The lowest BCUT2D eigenvalue weighted by molar-refractivity contribution is 0.473. The molecule has 1 rings (SSSR count). The Bertz CT molecular complexity index is 497. The van der Waals surface area contributed by atoms with Crippen molar-refractivity contribution in [1.29, 1.82) is 0 Å². The molecule has 0 spiro atoms. The average molecular weight is 305 g/mol. The number of hydrogen-bond acceptors (Lipinski definition) is 6. The molecule has 0 aliphatic rings. The van der Waals surface area contributed by atoms with Gasteiger partial charge in [-0.05, 0) is 23.9 Å². The molecule has 0 radical (unpaired) electrons. The second-order valence-electron chi connectivity index (χ2n) is 4.80. The van der Waals surface area contributed by atoms with E-state index in [4.69, 9.17) is 5.73 Å². The summed E-state index contributed by atoms with van der Waals surface area (Å²) in [7, 11) is -3.33. The molecule has 1 aromatic heterocycles. The fourth-order valence-electron chi connectivity index (χ4n) is 1.95. The number of sulfone groups is 1. The van der Waals surface area contributed by atoms with Crippen molar-refractivity contribution >= 4 is 32.2 Å². The minimum Gasteiger partial charge on any atom is -0.382 e. The molecule has 7 heteroatoms. The van der Waals surface area contributed by atoms with Crippen molar-refractivity contribution in [2.45, 2.75) is 44.4 Å². The zero-order chi connectivity index (χ0) is 14.5. The molecule has 0 fully saturated rings. The molecule has 1 unspecified atom stereocenters. The molecule has 0 aliphatic heterocycles. The van der Waals surface area contributed by atoms with Gasteiger partial charge in [-0.1, -0.05) is 33.1 Å². The van der Waals surface area contributed by atoms with Crippen LogP contribution in [0.1, 0.15) is 39.5 Å². The topological polar surface area (TPSA) is 85.1 Å². The molecule has 1 atom stereocenters. The van der Waals surface area contributed by atoms with Crippen molar-refractivity contribution in [3.63, 3.8) is 0 Å². The van der Waals surface area contributed by atoms with Crippen molar-refractivity contribution in [3.8, 4) is 0 Å². The lowest BCUT2D eigenvalue weighted by Gasteiger charge is -2.15. The molecule has 1 heterocycles. The van der Waals surface area contributed by atoms with Crippen LogP contribution in [-0.4, -0.2) is 25.6 Å². The van der Waals surface area contributed by atoms with E-state index in [-0.39, 0.29) is 10.7 Å². The summed E-state index contributed by atoms with van der Waals surface area (Å²) in [5.74, 6) is 0.646. The Labute approximate surface area is 119 Å². The summed E-state index contributed by atoms with van der Waals surface area (Å²) in [4.78, 5) is 0.142. The Morgan fingerprint density at radius 1 is 1.42 bits per heavy atom. The van der Waals surface area contributed by atoms with Crippen LogP contribution in [0, 0.1) is 5.92 Å². The largest absolute Gasteiger partial charge is 0.382 e. The number of nitrogen functional groups attached to an aromatic ring is 1. The Hall–Kier alpha value is -0.820. The average Bonchev–Trinajstić information content (AvgIpc) is 2.70. The quantitative estimate of drug-likeness (QED) is 0.771. The lowest BCUT2D eigenvalue weighted by atomic mass is 9.99. The molecular weight excluding hydrogens is 282 g/mol. The number of nitrogens with zero attached hydrogens (tertiary/aromatic N) is 1. The first-order chi connectivity index (χ1) is 8.90. The Morgan fingerprint density at radius 2 is 2.11 bits per heavy atom. The van der Waals surface area contributed by atoms with E-state index >= 15 is 0 Å². The van der Waals surface area contributed by atoms with Gasteiger partial charge in [-0.3, -0.25) is 0 Å². The summed E-state index contributed by atoms with van der Waals surface area (Å²) in [5.41, 5.74) is 5.63. The van der Waals surface area contributed by atoms with Crippen molar-refractivity contribution < 1.29 is 8.42 Å². The van der Waals surface area contributed by atoms with Gasteiger partial charge in [0.2, 0.25) is 0 Å². The molecule has 0 bridgehead atoms. The molecule has 19 heavy (non-hydrogen) atoms. The number of rotatable bonds is 8. The Morgan fingerprint density at radius 3 is 2.63 bits per heavy atom. The van der Waals surface area contributed by atoms with E-state index < -0.39 is 9.84 Å². The monoisotopic (exact) mass is 305 g/mol. The van der Waals surface area contributed by atoms with Crippen LogP contribution in [0.3, 0.4) is 0 Å². The highest BCUT2D eigenvalue weighted by Gasteiger charge is 2.21. The van der Waals surface area contributed by atoms with Crippen LogP contribution in [0.2, 0.25) is 0 Å². The molecule has 0 saturated carbocycles. The van der Waals surface area contributed by atoms with Gasteiger partial charge in [0.1, 0.15) is 9.90 Å². The highest BCUT2D eigenvalue weighted by molar-refractivity contribution is 7.91. The van der Waals surface area contributed by atoms with Crippen LogP contribution >= 0.6 is 11.5 Å². The van der Waals surface area contributed by atoms with Gasteiger partial charge in [-0.15, -0.1) is 0 Å². The van der Waals surface area contributed by atoms with Gasteiger partial charge in [0.25, 0.3) is 0 Å². The summed E-state index contributed by atoms with van der Waals surface area (Å²) in [6.45, 7) is 5.09. The third kappa shape index (κ3) is 4.65. The molecule has 0 aliphatic carbocycles. The van der Waals surface area contributed by atoms with Crippen molar-refractivity contribution in [1.82, 2.24) is 4.37 Å².